The number of benzene rings is 6. The molecule has 2 aliphatic heterocycles. The molecule has 8 rings (SSSR count). The van der Waals surface area contributed by atoms with E-state index in [1.807, 2.05) is 110 Å². The lowest BCUT2D eigenvalue weighted by molar-refractivity contribution is -0.119. The Labute approximate surface area is 391 Å². The van der Waals surface area contributed by atoms with Gasteiger partial charge in [0.05, 0.1) is 17.1 Å². The Morgan fingerprint density at radius 1 is 0.545 bits per heavy atom. The molecule has 2 aliphatic rings. The lowest BCUT2D eigenvalue weighted by Gasteiger charge is -2.18. The fourth-order valence-corrected chi connectivity index (χ4v) is 9.15. The van der Waals surface area contributed by atoms with E-state index in [9.17, 15) is 33.2 Å². The third-order valence-electron chi connectivity index (χ3n) is 10.8. The normalized spacial score (nSPS) is 15.3. The zero-order valence-electron chi connectivity index (χ0n) is 36.5. The monoisotopic (exact) mass is 922 g/mol. The van der Waals surface area contributed by atoms with Crippen molar-refractivity contribution in [2.24, 2.45) is 0 Å². The smallest absolute Gasteiger partial charge is 0.286 e. The highest BCUT2D eigenvalue weighted by atomic mass is 32.2. The van der Waals surface area contributed by atoms with E-state index in [0.29, 0.717) is 43.7 Å². The van der Waals surface area contributed by atoms with Crippen LogP contribution in [0.15, 0.2) is 146 Å². The van der Waals surface area contributed by atoms with Gasteiger partial charge in [-0.05, 0) is 125 Å². The molecule has 66 heavy (non-hydrogen) atoms. The molecule has 0 bridgehead atoms. The number of amides is 6. The van der Waals surface area contributed by atoms with Crippen molar-refractivity contribution in [3.63, 3.8) is 0 Å². The first-order valence-corrected chi connectivity index (χ1v) is 23.0. The molecule has 2 N–H and O–H groups in total. The van der Waals surface area contributed by atoms with Crippen LogP contribution in [0, 0.1) is 5.82 Å². The van der Waals surface area contributed by atoms with Gasteiger partial charge in [-0.3, -0.25) is 39.4 Å². The molecule has 0 saturated carbocycles. The molecule has 2 heterocycles. The van der Waals surface area contributed by atoms with Crippen LogP contribution in [0.25, 0.3) is 22.3 Å². The highest BCUT2D eigenvalue weighted by Crippen LogP contribution is 2.28. The van der Waals surface area contributed by atoms with Crippen LogP contribution < -0.4 is 15.4 Å². The maximum Gasteiger partial charge on any atom is 0.286 e. The second-order valence-corrected chi connectivity index (χ2v) is 18.1. The average Bonchev–Trinajstić information content (AvgIpc) is 3.82. The second-order valence-electron chi connectivity index (χ2n) is 15.8. The van der Waals surface area contributed by atoms with Gasteiger partial charge in [-0.1, -0.05) is 108 Å². The highest BCUT2D eigenvalue weighted by molar-refractivity contribution is 8.15. The van der Waals surface area contributed by atoms with Crippen molar-refractivity contribution < 1.29 is 37.9 Å². The molecular formula is C52H47FN4O7S2. The van der Waals surface area contributed by atoms with Gasteiger partial charge in [0.1, 0.15) is 11.6 Å². The summed E-state index contributed by atoms with van der Waals surface area (Å²) in [6.07, 6.45) is 1.01. The Balaban J connectivity index is 0.000000197. The van der Waals surface area contributed by atoms with E-state index in [-0.39, 0.29) is 50.4 Å². The van der Waals surface area contributed by atoms with Crippen molar-refractivity contribution in [2.45, 2.75) is 43.4 Å². The fraction of sp³-hybridized carbons (Fsp3) is 0.192. The van der Waals surface area contributed by atoms with Crippen molar-refractivity contribution >= 4 is 57.6 Å². The first-order valence-electron chi connectivity index (χ1n) is 21.2. The van der Waals surface area contributed by atoms with E-state index in [0.717, 1.165) is 73.8 Å². The van der Waals surface area contributed by atoms with Crippen LogP contribution in [-0.2, 0) is 35.5 Å². The predicted molar refractivity (Wildman–Crippen MR) is 257 cm³/mol. The average molecular weight is 923 g/mol. The molecule has 0 aliphatic carbocycles. The Kier molecular flexibility index (Phi) is 15.5. The molecule has 2 unspecified atom stereocenters. The Morgan fingerprint density at radius 2 is 0.955 bits per heavy atom. The minimum atomic E-state index is -0.383. The fourth-order valence-electron chi connectivity index (χ4n) is 7.43. The summed E-state index contributed by atoms with van der Waals surface area (Å²) in [6, 6.07) is 44.6. The molecule has 6 aromatic rings. The van der Waals surface area contributed by atoms with Crippen molar-refractivity contribution in [1.29, 1.82) is 0 Å². The molecule has 336 valence electrons. The zero-order valence-corrected chi connectivity index (χ0v) is 38.1. The second kappa shape index (κ2) is 21.8. The van der Waals surface area contributed by atoms with E-state index < -0.39 is 0 Å². The van der Waals surface area contributed by atoms with Gasteiger partial charge in [0.2, 0.25) is 11.8 Å². The third kappa shape index (κ3) is 12.4. The highest BCUT2D eigenvalue weighted by Gasteiger charge is 2.32. The number of thioether (sulfide) groups is 2. The summed E-state index contributed by atoms with van der Waals surface area (Å²) in [5.41, 5.74) is 9.18. The summed E-state index contributed by atoms with van der Waals surface area (Å²) in [5, 5.41) is 3.30. The molecule has 0 spiro atoms. The van der Waals surface area contributed by atoms with Gasteiger partial charge in [-0.2, -0.15) is 0 Å². The summed E-state index contributed by atoms with van der Waals surface area (Å²) in [7, 11) is 3.51. The van der Waals surface area contributed by atoms with Gasteiger partial charge in [-0.15, -0.1) is 0 Å². The lowest BCUT2D eigenvalue weighted by Crippen LogP contribution is -2.26. The maximum absolute atomic E-state index is 13.1. The van der Waals surface area contributed by atoms with E-state index >= 15 is 0 Å². The van der Waals surface area contributed by atoms with Gasteiger partial charge >= 0.3 is 0 Å². The first-order chi connectivity index (χ1) is 31.8. The molecule has 0 aromatic heterocycles. The number of carbonyl (C=O) groups excluding carboxylic acids is 6. The van der Waals surface area contributed by atoms with Gasteiger partial charge in [0, 0.05) is 38.3 Å². The molecule has 14 heteroatoms. The van der Waals surface area contributed by atoms with Crippen LogP contribution in [0.2, 0.25) is 0 Å². The molecule has 6 aromatic carbocycles. The number of nitrogens with one attached hydrogen (secondary N) is 2. The molecule has 11 nitrogen and oxygen atoms in total. The maximum atomic E-state index is 13.1. The molecule has 2 saturated heterocycles. The number of nitrogens with zero attached hydrogens (tertiary/aromatic N) is 2. The minimum Gasteiger partial charge on any atom is -0.494 e. The SMILES string of the molecule is CCOc1ccc(C(=O)N(C)Cc2cccc(-c3ccc(CC4SC(=O)NC4=O)cc3)c2)cc1.CN(Cc1cccc(-c2ccc(CC3SC(=O)NC3=O)cc2)c1)C(=O)c1ccc(F)cc1. The quantitative estimate of drug-likeness (QED) is 0.109. The van der Waals surface area contributed by atoms with Crippen LogP contribution in [0.4, 0.5) is 14.0 Å². The summed E-state index contributed by atoms with van der Waals surface area (Å²) >= 11 is 2.07. The largest absolute Gasteiger partial charge is 0.494 e. The van der Waals surface area contributed by atoms with Crippen molar-refractivity contribution in [2.75, 3.05) is 20.7 Å². The van der Waals surface area contributed by atoms with Crippen LogP contribution in [0.5, 0.6) is 5.75 Å². The number of carbonyl (C=O) groups is 6. The number of ether oxygens (including phenoxy) is 1. The number of halogens is 1. The van der Waals surface area contributed by atoms with Crippen molar-refractivity contribution in [3.05, 3.63) is 185 Å². The minimum absolute atomic E-state index is 0.0508. The standard InChI is InChI=1S/C27H26N2O4S.C25H21FN2O3S/c1-3-33-23-13-11-21(12-14-23)26(31)29(2)17-19-5-4-6-22(15-19)20-9-7-18(8-10-20)16-24-25(30)28-27(32)34-24;1-28(24(30)19-9-11-21(26)12-10-19)15-17-3-2-4-20(13-17)18-7-5-16(6-8-18)14-22-23(29)27-25(31)32-22/h4-15,24H,3,16-17H2,1-2H3,(H,28,30,32);2-13,22H,14-15H2,1H3,(H,27,29,31). The van der Waals surface area contributed by atoms with Gasteiger partial charge in [-0.25, -0.2) is 4.39 Å². The molecule has 2 fully saturated rings. The van der Waals surface area contributed by atoms with Crippen LogP contribution >= 0.6 is 23.5 Å². The Bertz CT molecular complexity index is 2730. The number of imide groups is 2. The predicted octanol–water partition coefficient (Wildman–Crippen LogP) is 9.58. The molecule has 6 amide bonds. The number of hydrogen-bond donors (Lipinski definition) is 2. The summed E-state index contributed by atoms with van der Waals surface area (Å²) < 4.78 is 18.5. The molecule has 0 radical (unpaired) electrons. The van der Waals surface area contributed by atoms with Crippen molar-refractivity contribution in [1.82, 2.24) is 20.4 Å². The van der Waals surface area contributed by atoms with Gasteiger partial charge in [0.25, 0.3) is 22.3 Å². The Hall–Kier alpha value is -7.03. The molecule has 2 atom stereocenters. The van der Waals surface area contributed by atoms with Gasteiger partial charge in [0.15, 0.2) is 0 Å². The summed E-state index contributed by atoms with van der Waals surface area (Å²) in [4.78, 5) is 75.0. The summed E-state index contributed by atoms with van der Waals surface area (Å²) in [5.74, 6) is -0.315. The van der Waals surface area contributed by atoms with E-state index in [1.165, 1.54) is 24.3 Å². The Morgan fingerprint density at radius 3 is 1.33 bits per heavy atom. The number of rotatable bonds is 14. The first kappa shape index (κ1) is 46.9. The molecular weight excluding hydrogens is 876 g/mol. The van der Waals surface area contributed by atoms with Crippen LogP contribution in [0.1, 0.15) is 49.9 Å². The van der Waals surface area contributed by atoms with E-state index in [2.05, 4.69) is 16.7 Å². The summed E-state index contributed by atoms with van der Waals surface area (Å²) in [6.45, 7) is 3.42. The van der Waals surface area contributed by atoms with Crippen LogP contribution in [-0.4, -0.2) is 75.1 Å². The van der Waals surface area contributed by atoms with Crippen molar-refractivity contribution in [3.8, 4) is 28.0 Å². The topological polar surface area (TPSA) is 142 Å². The van der Waals surface area contributed by atoms with E-state index in [1.54, 1.807) is 36.0 Å². The van der Waals surface area contributed by atoms with Crippen LogP contribution in [0.3, 0.4) is 0 Å². The lowest BCUT2D eigenvalue weighted by atomic mass is 10.00. The van der Waals surface area contributed by atoms with E-state index in [4.69, 9.17) is 4.74 Å². The number of hydrogen-bond acceptors (Lipinski definition) is 9. The van der Waals surface area contributed by atoms with Gasteiger partial charge < -0.3 is 14.5 Å². The zero-order chi connectivity index (χ0) is 46.7. The third-order valence-corrected chi connectivity index (χ3v) is 12.8.